The fourth-order valence-corrected chi connectivity index (χ4v) is 2.90. The lowest BCUT2D eigenvalue weighted by Crippen LogP contribution is -2.45. The van der Waals surface area contributed by atoms with E-state index in [2.05, 4.69) is 10.3 Å². The van der Waals surface area contributed by atoms with Crippen LogP contribution in [0, 0.1) is 0 Å². The van der Waals surface area contributed by atoms with Crippen LogP contribution in [0.25, 0.3) is 0 Å². The van der Waals surface area contributed by atoms with E-state index in [4.69, 9.17) is 5.84 Å². The molecule has 1 heterocycles. The summed E-state index contributed by atoms with van der Waals surface area (Å²) >= 11 is 0. The largest absolute Gasteiger partial charge is 0.389 e. The summed E-state index contributed by atoms with van der Waals surface area (Å²) in [6.07, 6.45) is 1.90. The van der Waals surface area contributed by atoms with E-state index in [0.717, 1.165) is 31.5 Å². The zero-order valence-electron chi connectivity index (χ0n) is 12.8. The van der Waals surface area contributed by atoms with Crippen molar-refractivity contribution in [3.63, 3.8) is 0 Å². The number of nitrogens with zero attached hydrogens (tertiary/aromatic N) is 1. The predicted molar refractivity (Wildman–Crippen MR) is 82.3 cm³/mol. The standard InChI is InChI=1S/C16H25N3O2/c1-12(15(20)18-17)14-6-4-13(5-7-14)10-19-9-3-8-16(2,21)11-19/h4-7,12,21H,3,8-11,17H2,1-2H3,(H,18,20). The Bertz CT molecular complexity index is 485. The van der Waals surface area contributed by atoms with Crippen molar-refractivity contribution in [1.82, 2.24) is 10.3 Å². The second-order valence-electron chi connectivity index (χ2n) is 6.28. The van der Waals surface area contributed by atoms with Crippen molar-refractivity contribution in [2.24, 2.45) is 5.84 Å². The summed E-state index contributed by atoms with van der Waals surface area (Å²) in [6.45, 7) is 6.28. The quantitative estimate of drug-likeness (QED) is 0.441. The van der Waals surface area contributed by atoms with Crippen molar-refractivity contribution >= 4 is 5.91 Å². The number of carbonyl (C=O) groups is 1. The Labute approximate surface area is 126 Å². The van der Waals surface area contributed by atoms with E-state index in [-0.39, 0.29) is 11.8 Å². The lowest BCUT2D eigenvalue weighted by Gasteiger charge is -2.36. The molecule has 1 aliphatic heterocycles. The Hall–Kier alpha value is -1.43. The van der Waals surface area contributed by atoms with Gasteiger partial charge >= 0.3 is 0 Å². The van der Waals surface area contributed by atoms with Crippen LogP contribution < -0.4 is 11.3 Å². The molecule has 0 spiro atoms. The molecule has 2 rings (SSSR count). The summed E-state index contributed by atoms with van der Waals surface area (Å²) in [4.78, 5) is 13.8. The average molecular weight is 291 g/mol. The van der Waals surface area contributed by atoms with Crippen LogP contribution in [0.1, 0.15) is 43.7 Å². The molecule has 0 aliphatic carbocycles. The first-order valence-electron chi connectivity index (χ1n) is 7.45. The Kier molecular flexibility index (Phi) is 4.98. The van der Waals surface area contributed by atoms with E-state index in [9.17, 15) is 9.90 Å². The number of carbonyl (C=O) groups excluding carboxylic acids is 1. The van der Waals surface area contributed by atoms with Crippen LogP contribution in [-0.2, 0) is 11.3 Å². The Morgan fingerprint density at radius 2 is 2.14 bits per heavy atom. The lowest BCUT2D eigenvalue weighted by atomic mass is 9.94. The highest BCUT2D eigenvalue weighted by Gasteiger charge is 2.28. The molecular formula is C16H25N3O2. The molecule has 5 heteroatoms. The number of piperidine rings is 1. The third kappa shape index (κ3) is 4.27. The molecule has 1 saturated heterocycles. The number of amides is 1. The van der Waals surface area contributed by atoms with Crippen LogP contribution in [0.5, 0.6) is 0 Å². The van der Waals surface area contributed by atoms with Gasteiger partial charge in [-0.25, -0.2) is 5.84 Å². The van der Waals surface area contributed by atoms with E-state index >= 15 is 0 Å². The van der Waals surface area contributed by atoms with Crippen LogP contribution >= 0.6 is 0 Å². The zero-order chi connectivity index (χ0) is 15.5. The molecule has 0 saturated carbocycles. The molecule has 1 fully saturated rings. The van der Waals surface area contributed by atoms with Gasteiger partial charge in [0.1, 0.15) is 0 Å². The fraction of sp³-hybridized carbons (Fsp3) is 0.562. The highest BCUT2D eigenvalue weighted by Crippen LogP contribution is 2.22. The molecule has 0 bridgehead atoms. The van der Waals surface area contributed by atoms with Crippen LogP contribution in [0.2, 0.25) is 0 Å². The molecular weight excluding hydrogens is 266 g/mol. The van der Waals surface area contributed by atoms with Gasteiger partial charge < -0.3 is 5.11 Å². The Morgan fingerprint density at radius 3 is 2.71 bits per heavy atom. The van der Waals surface area contributed by atoms with Crippen molar-refractivity contribution in [3.05, 3.63) is 35.4 Å². The van der Waals surface area contributed by atoms with Crippen LogP contribution in [0.3, 0.4) is 0 Å². The molecule has 4 N–H and O–H groups in total. The van der Waals surface area contributed by atoms with Gasteiger partial charge in [0.25, 0.3) is 0 Å². The Morgan fingerprint density at radius 1 is 1.48 bits per heavy atom. The molecule has 1 aromatic rings. The van der Waals surface area contributed by atoms with Gasteiger partial charge in [-0.15, -0.1) is 0 Å². The first-order valence-corrected chi connectivity index (χ1v) is 7.45. The molecule has 2 atom stereocenters. The predicted octanol–water partition coefficient (Wildman–Crippen LogP) is 1.13. The van der Waals surface area contributed by atoms with E-state index in [1.807, 2.05) is 38.1 Å². The van der Waals surface area contributed by atoms with Crippen LogP contribution in [-0.4, -0.2) is 34.6 Å². The lowest BCUT2D eigenvalue weighted by molar-refractivity contribution is -0.122. The highest BCUT2D eigenvalue weighted by atomic mass is 16.3. The van der Waals surface area contributed by atoms with Crippen molar-refractivity contribution in [3.8, 4) is 0 Å². The first kappa shape index (κ1) is 15.9. The monoisotopic (exact) mass is 291 g/mol. The molecule has 21 heavy (non-hydrogen) atoms. The SMILES string of the molecule is CC(C(=O)NN)c1ccc(CN2CCCC(C)(O)C2)cc1. The number of likely N-dealkylation sites (tertiary alicyclic amines) is 1. The third-order valence-corrected chi connectivity index (χ3v) is 4.18. The minimum atomic E-state index is -0.577. The summed E-state index contributed by atoms with van der Waals surface area (Å²) in [7, 11) is 0. The summed E-state index contributed by atoms with van der Waals surface area (Å²) in [5.74, 6) is 4.72. The first-order chi connectivity index (χ1) is 9.91. The van der Waals surface area contributed by atoms with Gasteiger partial charge in [-0.2, -0.15) is 0 Å². The van der Waals surface area contributed by atoms with Gasteiger partial charge in [0.15, 0.2) is 0 Å². The molecule has 5 nitrogen and oxygen atoms in total. The van der Waals surface area contributed by atoms with Gasteiger partial charge in [0, 0.05) is 13.1 Å². The minimum absolute atomic E-state index is 0.185. The van der Waals surface area contributed by atoms with Crippen molar-refractivity contribution in [1.29, 1.82) is 0 Å². The number of hydrogen-bond donors (Lipinski definition) is 3. The summed E-state index contributed by atoms with van der Waals surface area (Å²) < 4.78 is 0. The van der Waals surface area contributed by atoms with Crippen LogP contribution in [0.15, 0.2) is 24.3 Å². The van der Waals surface area contributed by atoms with Gasteiger partial charge in [0.2, 0.25) is 5.91 Å². The van der Waals surface area contributed by atoms with Gasteiger partial charge in [-0.3, -0.25) is 15.1 Å². The molecule has 116 valence electrons. The smallest absolute Gasteiger partial charge is 0.241 e. The molecule has 1 amide bonds. The Balaban J connectivity index is 1.98. The van der Waals surface area contributed by atoms with E-state index in [1.165, 1.54) is 5.56 Å². The maximum absolute atomic E-state index is 11.5. The molecule has 2 unspecified atom stereocenters. The average Bonchev–Trinajstić information content (AvgIpc) is 2.45. The molecule has 1 aromatic carbocycles. The zero-order valence-corrected chi connectivity index (χ0v) is 12.8. The summed E-state index contributed by atoms with van der Waals surface area (Å²) in [6, 6.07) is 8.02. The van der Waals surface area contributed by atoms with Crippen molar-refractivity contribution in [2.45, 2.75) is 44.8 Å². The second kappa shape index (κ2) is 6.56. The maximum atomic E-state index is 11.5. The number of rotatable bonds is 4. The van der Waals surface area contributed by atoms with Gasteiger partial charge in [0.05, 0.1) is 11.5 Å². The number of hydrazine groups is 1. The number of hydrogen-bond acceptors (Lipinski definition) is 4. The maximum Gasteiger partial charge on any atom is 0.241 e. The summed E-state index contributed by atoms with van der Waals surface area (Å²) in [5, 5.41) is 10.1. The van der Waals surface area contributed by atoms with E-state index < -0.39 is 5.60 Å². The molecule has 1 aliphatic rings. The number of aliphatic hydroxyl groups is 1. The number of nitrogens with two attached hydrogens (primary N) is 1. The van der Waals surface area contributed by atoms with Gasteiger partial charge in [-0.1, -0.05) is 24.3 Å². The molecule has 0 radical (unpaired) electrons. The van der Waals surface area contributed by atoms with Gasteiger partial charge in [-0.05, 0) is 44.4 Å². The number of benzene rings is 1. The third-order valence-electron chi connectivity index (χ3n) is 4.18. The minimum Gasteiger partial charge on any atom is -0.389 e. The summed E-state index contributed by atoms with van der Waals surface area (Å²) in [5.41, 5.74) is 3.74. The van der Waals surface area contributed by atoms with E-state index in [0.29, 0.717) is 6.54 Å². The van der Waals surface area contributed by atoms with Crippen molar-refractivity contribution in [2.75, 3.05) is 13.1 Å². The van der Waals surface area contributed by atoms with Crippen LogP contribution in [0.4, 0.5) is 0 Å². The highest BCUT2D eigenvalue weighted by molar-refractivity contribution is 5.82. The number of β-amino-alcohol motifs (C(OH)–C–C–N with tert-alkyl or cyclic N) is 1. The van der Waals surface area contributed by atoms with Crippen molar-refractivity contribution < 1.29 is 9.90 Å². The topological polar surface area (TPSA) is 78.6 Å². The van der Waals surface area contributed by atoms with E-state index in [1.54, 1.807) is 0 Å². The second-order valence-corrected chi connectivity index (χ2v) is 6.28. The molecule has 0 aromatic heterocycles. The number of nitrogens with one attached hydrogen (secondary N) is 1. The fourth-order valence-electron chi connectivity index (χ4n) is 2.90. The normalized spacial score (nSPS) is 24.6.